The minimum atomic E-state index is 0.116. The highest BCUT2D eigenvalue weighted by Crippen LogP contribution is 2.40. The number of ether oxygens (including phenoxy) is 1. The lowest BCUT2D eigenvalue weighted by Gasteiger charge is -2.36. The van der Waals surface area contributed by atoms with Gasteiger partial charge in [-0.1, -0.05) is 42.0 Å². The van der Waals surface area contributed by atoms with E-state index in [0.29, 0.717) is 6.04 Å². The van der Waals surface area contributed by atoms with Crippen molar-refractivity contribution in [1.82, 2.24) is 4.90 Å². The van der Waals surface area contributed by atoms with E-state index in [1.807, 2.05) is 31.2 Å². The molecule has 0 aromatic heterocycles. The summed E-state index contributed by atoms with van der Waals surface area (Å²) < 4.78 is 5.77. The van der Waals surface area contributed by atoms with E-state index in [4.69, 9.17) is 4.74 Å². The van der Waals surface area contributed by atoms with Gasteiger partial charge in [-0.15, -0.1) is 0 Å². The molecule has 2 aromatic carbocycles. The van der Waals surface area contributed by atoms with Crippen molar-refractivity contribution in [3.8, 4) is 5.75 Å². The maximum atomic E-state index is 13.0. The third-order valence-electron chi connectivity index (χ3n) is 5.29. The van der Waals surface area contributed by atoms with Crippen LogP contribution in [0.25, 0.3) is 0 Å². The van der Waals surface area contributed by atoms with Crippen molar-refractivity contribution in [2.24, 2.45) is 0 Å². The van der Waals surface area contributed by atoms with Crippen molar-refractivity contribution in [2.75, 3.05) is 6.61 Å². The summed E-state index contributed by atoms with van der Waals surface area (Å²) in [6.07, 6.45) is 5.57. The van der Waals surface area contributed by atoms with Crippen LogP contribution in [0.3, 0.4) is 0 Å². The van der Waals surface area contributed by atoms with Gasteiger partial charge in [-0.05, 0) is 62.3 Å². The predicted molar refractivity (Wildman–Crippen MR) is 98.7 cm³/mol. The zero-order chi connectivity index (χ0) is 17.2. The fourth-order valence-corrected chi connectivity index (χ4v) is 3.86. The van der Waals surface area contributed by atoms with Gasteiger partial charge in [0.1, 0.15) is 5.75 Å². The number of aryl methyl sites for hydroxylation is 2. The predicted octanol–water partition coefficient (Wildman–Crippen LogP) is 4.44. The van der Waals surface area contributed by atoms with Crippen molar-refractivity contribution in [3.05, 3.63) is 65.2 Å². The molecular formula is C22H25NO2. The highest BCUT2D eigenvalue weighted by atomic mass is 16.5. The molecule has 0 N–H and O–H groups in total. The van der Waals surface area contributed by atoms with E-state index >= 15 is 0 Å². The lowest BCUT2D eigenvalue weighted by atomic mass is 9.86. The number of rotatable bonds is 5. The monoisotopic (exact) mass is 335 g/mol. The molecule has 4 rings (SSSR count). The van der Waals surface area contributed by atoms with Gasteiger partial charge >= 0.3 is 0 Å². The molecule has 0 spiro atoms. The molecule has 3 heteroatoms. The number of nitrogens with zero attached hydrogens (tertiary/aromatic N) is 1. The van der Waals surface area contributed by atoms with Crippen molar-refractivity contribution in [3.63, 3.8) is 0 Å². The molecule has 1 unspecified atom stereocenters. The first-order valence-corrected chi connectivity index (χ1v) is 9.31. The Kier molecular flexibility index (Phi) is 4.48. The van der Waals surface area contributed by atoms with E-state index in [1.54, 1.807) is 0 Å². The van der Waals surface area contributed by atoms with Gasteiger partial charge in [-0.25, -0.2) is 0 Å². The van der Waals surface area contributed by atoms with Crippen molar-refractivity contribution in [2.45, 2.75) is 51.1 Å². The zero-order valence-electron chi connectivity index (χ0n) is 14.8. The van der Waals surface area contributed by atoms with Crippen LogP contribution in [-0.2, 0) is 11.2 Å². The summed E-state index contributed by atoms with van der Waals surface area (Å²) >= 11 is 0. The molecule has 25 heavy (non-hydrogen) atoms. The minimum absolute atomic E-state index is 0.116. The number of carbonyl (C=O) groups is 1. The van der Waals surface area contributed by atoms with Crippen molar-refractivity contribution < 1.29 is 9.53 Å². The van der Waals surface area contributed by atoms with Crippen LogP contribution in [0.1, 0.15) is 48.4 Å². The van der Waals surface area contributed by atoms with Gasteiger partial charge in [0.25, 0.3) is 5.91 Å². The van der Waals surface area contributed by atoms with Gasteiger partial charge in [0.15, 0.2) is 6.61 Å². The van der Waals surface area contributed by atoms with E-state index in [9.17, 15) is 4.79 Å². The second-order valence-electron chi connectivity index (χ2n) is 7.24. The quantitative estimate of drug-likeness (QED) is 0.808. The second-order valence-corrected chi connectivity index (χ2v) is 7.24. The molecule has 1 amide bonds. The van der Waals surface area contributed by atoms with Crippen LogP contribution in [0, 0.1) is 6.92 Å². The van der Waals surface area contributed by atoms with Crippen LogP contribution in [0.2, 0.25) is 0 Å². The molecule has 3 nitrogen and oxygen atoms in total. The van der Waals surface area contributed by atoms with Crippen LogP contribution in [0.15, 0.2) is 48.5 Å². The van der Waals surface area contributed by atoms with Crippen LogP contribution >= 0.6 is 0 Å². The normalized spacial score (nSPS) is 19.2. The summed E-state index contributed by atoms with van der Waals surface area (Å²) in [7, 11) is 0. The number of fused-ring (bicyclic) bond motifs is 1. The summed E-state index contributed by atoms with van der Waals surface area (Å²) in [5.74, 6) is 0.878. The molecule has 0 heterocycles. The van der Waals surface area contributed by atoms with Gasteiger partial charge in [0, 0.05) is 6.04 Å². The Morgan fingerprint density at radius 3 is 2.60 bits per heavy atom. The van der Waals surface area contributed by atoms with Crippen molar-refractivity contribution >= 4 is 5.91 Å². The first-order valence-electron chi connectivity index (χ1n) is 9.31. The number of benzene rings is 2. The van der Waals surface area contributed by atoms with Crippen molar-refractivity contribution in [1.29, 1.82) is 0 Å². The van der Waals surface area contributed by atoms with Crippen LogP contribution in [0.4, 0.5) is 0 Å². The summed E-state index contributed by atoms with van der Waals surface area (Å²) in [4.78, 5) is 15.1. The van der Waals surface area contributed by atoms with Crippen LogP contribution in [0.5, 0.6) is 5.75 Å². The number of amides is 1. The standard InChI is InChI=1S/C22H25NO2/c1-16-9-13-19(14-10-16)25-15-22(24)23(18-11-12-18)21-8-4-6-17-5-2-3-7-20(17)21/h2-3,5,7,9-10,13-14,18,21H,4,6,8,11-12,15H2,1H3. The van der Waals surface area contributed by atoms with Gasteiger partial charge in [-0.3, -0.25) is 4.79 Å². The lowest BCUT2D eigenvalue weighted by Crippen LogP contribution is -2.41. The molecule has 1 saturated carbocycles. The highest BCUT2D eigenvalue weighted by Gasteiger charge is 2.39. The Hall–Kier alpha value is -2.29. The molecule has 0 radical (unpaired) electrons. The second kappa shape index (κ2) is 6.91. The van der Waals surface area contributed by atoms with E-state index in [0.717, 1.165) is 37.9 Å². The maximum absolute atomic E-state index is 13.0. The van der Waals surface area contributed by atoms with Gasteiger partial charge < -0.3 is 9.64 Å². The fourth-order valence-electron chi connectivity index (χ4n) is 3.86. The summed E-state index contributed by atoms with van der Waals surface area (Å²) in [6.45, 7) is 2.17. The summed E-state index contributed by atoms with van der Waals surface area (Å²) in [5.41, 5.74) is 3.93. The topological polar surface area (TPSA) is 29.5 Å². The van der Waals surface area contributed by atoms with E-state index < -0.39 is 0 Å². The third kappa shape index (κ3) is 3.55. The molecule has 2 aliphatic rings. The first-order chi connectivity index (χ1) is 12.2. The summed E-state index contributed by atoms with van der Waals surface area (Å²) in [5, 5.41) is 0. The van der Waals surface area contributed by atoms with Gasteiger partial charge in [0.05, 0.1) is 6.04 Å². The summed E-state index contributed by atoms with van der Waals surface area (Å²) in [6, 6.07) is 17.1. The first kappa shape index (κ1) is 16.2. The Labute approximate surface area is 149 Å². The minimum Gasteiger partial charge on any atom is -0.484 e. The number of hydrogen-bond acceptors (Lipinski definition) is 2. The Morgan fingerprint density at radius 2 is 1.84 bits per heavy atom. The van der Waals surface area contributed by atoms with Gasteiger partial charge in [-0.2, -0.15) is 0 Å². The maximum Gasteiger partial charge on any atom is 0.261 e. The van der Waals surface area contributed by atoms with Crippen LogP contribution in [-0.4, -0.2) is 23.5 Å². The molecule has 130 valence electrons. The molecule has 2 aliphatic carbocycles. The molecule has 2 aromatic rings. The SMILES string of the molecule is Cc1ccc(OCC(=O)N(C2CC2)C2CCCc3ccccc32)cc1. The highest BCUT2D eigenvalue weighted by molar-refractivity contribution is 5.79. The number of carbonyl (C=O) groups excluding carboxylic acids is 1. The third-order valence-corrected chi connectivity index (χ3v) is 5.29. The molecule has 1 fully saturated rings. The Bertz CT molecular complexity index is 749. The smallest absolute Gasteiger partial charge is 0.261 e. The Morgan fingerprint density at radius 1 is 1.08 bits per heavy atom. The van der Waals surface area contributed by atoms with E-state index in [1.165, 1.54) is 16.7 Å². The van der Waals surface area contributed by atoms with E-state index in [2.05, 4.69) is 29.2 Å². The van der Waals surface area contributed by atoms with Crippen LogP contribution < -0.4 is 4.74 Å². The zero-order valence-corrected chi connectivity index (χ0v) is 14.8. The average molecular weight is 335 g/mol. The molecule has 0 saturated heterocycles. The van der Waals surface area contributed by atoms with Gasteiger partial charge in [0.2, 0.25) is 0 Å². The Balaban J connectivity index is 1.50. The fraction of sp³-hybridized carbons (Fsp3) is 0.409. The average Bonchev–Trinajstić information content (AvgIpc) is 3.47. The molecule has 0 bridgehead atoms. The molecule has 0 aliphatic heterocycles. The molecule has 1 atom stereocenters. The van der Waals surface area contributed by atoms with E-state index in [-0.39, 0.29) is 18.6 Å². The molecular weight excluding hydrogens is 310 g/mol. The lowest BCUT2D eigenvalue weighted by molar-refractivity contribution is -0.137. The largest absolute Gasteiger partial charge is 0.484 e. The number of hydrogen-bond donors (Lipinski definition) is 0.